The van der Waals surface area contributed by atoms with Gasteiger partial charge in [-0.15, -0.1) is 0 Å². The summed E-state index contributed by atoms with van der Waals surface area (Å²) in [5.74, 6) is 1.98. The van der Waals surface area contributed by atoms with Crippen molar-refractivity contribution in [3.8, 4) is 28.4 Å². The summed E-state index contributed by atoms with van der Waals surface area (Å²) in [5, 5.41) is 11.4. The van der Waals surface area contributed by atoms with E-state index in [1.807, 2.05) is 19.1 Å². The average Bonchev–Trinajstić information content (AvgIpc) is 3.47. The van der Waals surface area contributed by atoms with Gasteiger partial charge in [-0.1, -0.05) is 17.3 Å². The number of ether oxygens (including phenoxy) is 2. The van der Waals surface area contributed by atoms with Crippen LogP contribution in [-0.2, 0) is 4.74 Å². The molecule has 2 aliphatic carbocycles. The lowest BCUT2D eigenvalue weighted by Crippen LogP contribution is -2.41. The van der Waals surface area contributed by atoms with Crippen molar-refractivity contribution in [2.75, 3.05) is 18.5 Å². The first-order valence-corrected chi connectivity index (χ1v) is 14.5. The first-order chi connectivity index (χ1) is 19.6. The highest BCUT2D eigenvalue weighted by molar-refractivity contribution is 6.04. The van der Waals surface area contributed by atoms with Gasteiger partial charge >= 0.3 is 6.03 Å². The van der Waals surface area contributed by atoms with Crippen LogP contribution in [0.5, 0.6) is 5.75 Å². The van der Waals surface area contributed by atoms with Gasteiger partial charge in [0.05, 0.1) is 30.0 Å². The van der Waals surface area contributed by atoms with Crippen molar-refractivity contribution in [2.45, 2.75) is 76.5 Å². The average molecular weight is 542 g/mol. The molecule has 4 aromatic rings. The van der Waals surface area contributed by atoms with Gasteiger partial charge in [-0.3, -0.25) is 0 Å². The van der Waals surface area contributed by atoms with Gasteiger partial charge in [-0.05, 0) is 68.4 Å². The van der Waals surface area contributed by atoms with Crippen molar-refractivity contribution < 1.29 is 18.8 Å². The molecule has 1 aliphatic heterocycles. The number of benzene rings is 2. The Morgan fingerprint density at radius 3 is 2.42 bits per heavy atom. The van der Waals surface area contributed by atoms with Crippen molar-refractivity contribution in [1.82, 2.24) is 20.0 Å². The second-order valence-electron chi connectivity index (χ2n) is 11.2. The van der Waals surface area contributed by atoms with Gasteiger partial charge in [0.1, 0.15) is 11.9 Å². The van der Waals surface area contributed by atoms with Crippen molar-refractivity contribution in [1.29, 1.82) is 0 Å². The van der Waals surface area contributed by atoms with E-state index in [-0.39, 0.29) is 12.1 Å². The molecule has 2 aromatic carbocycles. The summed E-state index contributed by atoms with van der Waals surface area (Å²) in [5.41, 5.74) is 4.94. The molecular formula is C31H35N5O4. The summed E-state index contributed by atoms with van der Waals surface area (Å²) >= 11 is 0. The zero-order valence-corrected chi connectivity index (χ0v) is 22.8. The maximum atomic E-state index is 12.4. The van der Waals surface area contributed by atoms with Crippen LogP contribution in [0.1, 0.15) is 63.3 Å². The Morgan fingerprint density at radius 2 is 1.77 bits per heavy atom. The van der Waals surface area contributed by atoms with E-state index in [0.717, 1.165) is 90.9 Å². The number of rotatable bonds is 7. The zero-order chi connectivity index (χ0) is 27.1. The summed E-state index contributed by atoms with van der Waals surface area (Å²) < 4.78 is 19.8. The highest BCUT2D eigenvalue weighted by atomic mass is 16.5. The predicted octanol–water partition coefficient (Wildman–Crippen LogP) is 6.62. The number of carbonyl (C=O) groups is 1. The molecule has 0 bridgehead atoms. The summed E-state index contributed by atoms with van der Waals surface area (Å²) in [4.78, 5) is 17.1. The van der Waals surface area contributed by atoms with E-state index in [1.54, 1.807) is 0 Å². The summed E-state index contributed by atoms with van der Waals surface area (Å²) in [6, 6.07) is 14.9. The molecule has 3 heterocycles. The van der Waals surface area contributed by atoms with Gasteiger partial charge in [0, 0.05) is 49.0 Å². The SMILES string of the molecule is Cc1nc(-c2c(-c3ccc(NC(=O)NC4CCC4)cc3)n(C3CCC3)c3cc(OC4CCOCC4)ccc23)no1. The van der Waals surface area contributed by atoms with Crippen LogP contribution in [0.3, 0.4) is 0 Å². The quantitative estimate of drug-likeness (QED) is 0.272. The smallest absolute Gasteiger partial charge is 0.319 e. The molecule has 3 fully saturated rings. The summed E-state index contributed by atoms with van der Waals surface area (Å²) in [7, 11) is 0. The second kappa shape index (κ2) is 10.6. The number of carbonyl (C=O) groups excluding carboxylic acids is 1. The highest BCUT2D eigenvalue weighted by Gasteiger charge is 2.30. The van der Waals surface area contributed by atoms with Crippen molar-refractivity contribution >= 4 is 22.6 Å². The van der Waals surface area contributed by atoms with Crippen LogP contribution in [0.2, 0.25) is 0 Å². The normalized spacial score (nSPS) is 18.3. The highest BCUT2D eigenvalue weighted by Crippen LogP contribution is 2.47. The molecule has 7 rings (SSSR count). The Labute approximate surface area is 233 Å². The van der Waals surface area contributed by atoms with Crippen LogP contribution in [-0.4, -0.2) is 46.1 Å². The number of anilines is 1. The molecule has 2 aromatic heterocycles. The number of hydrogen-bond donors (Lipinski definition) is 2. The zero-order valence-electron chi connectivity index (χ0n) is 22.8. The molecule has 0 spiro atoms. The molecule has 9 nitrogen and oxygen atoms in total. The van der Waals surface area contributed by atoms with Gasteiger partial charge in [-0.25, -0.2) is 4.79 Å². The monoisotopic (exact) mass is 541 g/mol. The Morgan fingerprint density at radius 1 is 1.00 bits per heavy atom. The van der Waals surface area contributed by atoms with Crippen LogP contribution < -0.4 is 15.4 Å². The molecule has 0 radical (unpaired) electrons. The van der Waals surface area contributed by atoms with Crippen LogP contribution in [0.4, 0.5) is 10.5 Å². The maximum Gasteiger partial charge on any atom is 0.319 e. The van der Waals surface area contributed by atoms with Gasteiger partial charge in [0.15, 0.2) is 0 Å². The fourth-order valence-electron chi connectivity index (χ4n) is 5.90. The third-order valence-corrected chi connectivity index (χ3v) is 8.49. The van der Waals surface area contributed by atoms with Crippen molar-refractivity contribution in [3.05, 3.63) is 48.4 Å². The Kier molecular flexibility index (Phi) is 6.67. The minimum Gasteiger partial charge on any atom is -0.490 e. The fourth-order valence-corrected chi connectivity index (χ4v) is 5.90. The number of aryl methyl sites for hydroxylation is 1. The molecule has 9 heteroatoms. The van der Waals surface area contributed by atoms with E-state index >= 15 is 0 Å². The Bertz CT molecular complexity index is 1510. The molecule has 0 unspecified atom stereocenters. The lowest BCUT2D eigenvalue weighted by molar-refractivity contribution is 0.0256. The molecule has 208 valence electrons. The molecule has 40 heavy (non-hydrogen) atoms. The standard InChI is InChI=1S/C31H35N5O4/c1-19-32-30(35-40-19)28-26-13-12-25(39-24-14-16-38-17-15-24)18-27(26)36(23-6-3-7-23)29(28)20-8-10-22(11-9-20)34-31(37)33-21-4-2-5-21/h8-13,18,21,23-24H,2-7,14-17H2,1H3,(H2,33,34,37). The maximum absolute atomic E-state index is 12.4. The molecule has 2 N–H and O–H groups in total. The first kappa shape index (κ1) is 25.1. The molecule has 1 saturated heterocycles. The lowest BCUT2D eigenvalue weighted by Gasteiger charge is -2.30. The molecule has 3 aliphatic rings. The number of fused-ring (bicyclic) bond motifs is 1. The van der Waals surface area contributed by atoms with E-state index in [4.69, 9.17) is 14.0 Å². The van der Waals surface area contributed by atoms with Crippen molar-refractivity contribution in [2.24, 2.45) is 0 Å². The Hall–Kier alpha value is -3.85. The third kappa shape index (κ3) is 4.83. The van der Waals surface area contributed by atoms with Crippen LogP contribution in [0.15, 0.2) is 47.0 Å². The topological polar surface area (TPSA) is 103 Å². The largest absolute Gasteiger partial charge is 0.490 e. The summed E-state index contributed by atoms with van der Waals surface area (Å²) in [6.07, 6.45) is 8.70. The van der Waals surface area contributed by atoms with Crippen LogP contribution in [0, 0.1) is 6.92 Å². The first-order valence-electron chi connectivity index (χ1n) is 14.5. The Balaban J connectivity index is 1.29. The fraction of sp³-hybridized carbons (Fsp3) is 0.452. The minimum atomic E-state index is -0.152. The van der Waals surface area contributed by atoms with E-state index < -0.39 is 0 Å². The van der Waals surface area contributed by atoms with Gasteiger partial charge in [-0.2, -0.15) is 4.98 Å². The van der Waals surface area contributed by atoms with Gasteiger partial charge in [0.25, 0.3) is 0 Å². The predicted molar refractivity (Wildman–Crippen MR) is 153 cm³/mol. The van der Waals surface area contributed by atoms with E-state index in [9.17, 15) is 4.79 Å². The third-order valence-electron chi connectivity index (χ3n) is 8.49. The number of urea groups is 1. The second-order valence-corrected chi connectivity index (χ2v) is 11.2. The van der Waals surface area contributed by atoms with Crippen LogP contribution >= 0.6 is 0 Å². The van der Waals surface area contributed by atoms with E-state index in [1.165, 1.54) is 12.8 Å². The number of amides is 2. The number of nitrogens with zero attached hydrogens (tertiary/aromatic N) is 3. The van der Waals surface area contributed by atoms with Gasteiger partial charge in [0.2, 0.25) is 11.7 Å². The number of nitrogens with one attached hydrogen (secondary N) is 2. The number of hydrogen-bond acceptors (Lipinski definition) is 6. The molecule has 0 atom stereocenters. The van der Waals surface area contributed by atoms with Gasteiger partial charge < -0.3 is 29.2 Å². The molecule has 2 amide bonds. The van der Waals surface area contributed by atoms with E-state index in [0.29, 0.717) is 23.8 Å². The van der Waals surface area contributed by atoms with Crippen molar-refractivity contribution in [3.63, 3.8) is 0 Å². The van der Waals surface area contributed by atoms with Crippen LogP contribution in [0.25, 0.3) is 33.5 Å². The van der Waals surface area contributed by atoms with E-state index in [2.05, 4.69) is 55.7 Å². The molecule has 2 saturated carbocycles. The molecular weight excluding hydrogens is 506 g/mol. The summed E-state index contributed by atoms with van der Waals surface area (Å²) in [6.45, 7) is 3.30. The minimum absolute atomic E-state index is 0.152. The number of aromatic nitrogens is 3. The lowest BCUT2D eigenvalue weighted by atomic mass is 9.92.